The van der Waals surface area contributed by atoms with Gasteiger partial charge in [0.2, 0.25) is 0 Å². The number of fused-ring (bicyclic) bond motifs is 1. The SMILES string of the molecule is CC1CC(C)(C)N(C)c2cc(Cl)c(/C=C3\SC(=O)N(Cc4ccc(Br)cc4)C3=O)cc21. The number of rotatable bonds is 3. The summed E-state index contributed by atoms with van der Waals surface area (Å²) in [6, 6.07) is 11.6. The van der Waals surface area contributed by atoms with E-state index in [9.17, 15) is 9.59 Å². The second-order valence-corrected chi connectivity index (χ2v) is 11.1. The van der Waals surface area contributed by atoms with Crippen molar-refractivity contribution in [1.29, 1.82) is 0 Å². The molecule has 2 heterocycles. The lowest BCUT2D eigenvalue weighted by Crippen LogP contribution is -2.45. The van der Waals surface area contributed by atoms with Crippen molar-refractivity contribution in [3.63, 3.8) is 0 Å². The first kappa shape index (κ1) is 22.4. The molecule has 0 aliphatic carbocycles. The number of carbonyl (C=O) groups is 2. The second-order valence-electron chi connectivity index (χ2n) is 8.80. The minimum Gasteiger partial charge on any atom is -0.369 e. The highest BCUT2D eigenvalue weighted by molar-refractivity contribution is 9.10. The molecule has 1 unspecified atom stereocenters. The van der Waals surface area contributed by atoms with Crippen LogP contribution in [0.5, 0.6) is 0 Å². The number of nitrogens with zero attached hydrogens (tertiary/aromatic N) is 2. The molecule has 2 aliphatic heterocycles. The van der Waals surface area contributed by atoms with Crippen LogP contribution in [0.4, 0.5) is 10.5 Å². The van der Waals surface area contributed by atoms with Crippen molar-refractivity contribution in [3.8, 4) is 0 Å². The van der Waals surface area contributed by atoms with Crippen LogP contribution in [0.3, 0.4) is 0 Å². The smallest absolute Gasteiger partial charge is 0.293 e. The van der Waals surface area contributed by atoms with Crippen molar-refractivity contribution in [3.05, 3.63) is 67.5 Å². The average molecular weight is 520 g/mol. The van der Waals surface area contributed by atoms with Gasteiger partial charge in [-0.25, -0.2) is 0 Å². The van der Waals surface area contributed by atoms with Gasteiger partial charge in [-0.2, -0.15) is 0 Å². The number of benzene rings is 2. The lowest BCUT2D eigenvalue weighted by molar-refractivity contribution is -0.123. The molecule has 0 aromatic heterocycles. The molecule has 31 heavy (non-hydrogen) atoms. The number of carbonyl (C=O) groups excluding carboxylic acids is 2. The van der Waals surface area contributed by atoms with E-state index in [1.165, 1.54) is 10.5 Å². The van der Waals surface area contributed by atoms with Crippen molar-refractivity contribution in [2.24, 2.45) is 0 Å². The second kappa shape index (κ2) is 8.30. The molecule has 1 fully saturated rings. The first-order valence-corrected chi connectivity index (χ1v) is 12.1. The lowest BCUT2D eigenvalue weighted by atomic mass is 9.80. The maximum atomic E-state index is 12.9. The number of hydrogen-bond donors (Lipinski definition) is 0. The maximum absolute atomic E-state index is 12.9. The van der Waals surface area contributed by atoms with Gasteiger partial charge in [-0.15, -0.1) is 0 Å². The van der Waals surface area contributed by atoms with Gasteiger partial charge in [0.1, 0.15) is 0 Å². The molecule has 0 saturated carbocycles. The van der Waals surface area contributed by atoms with Gasteiger partial charge in [-0.05, 0) is 85.0 Å². The Balaban J connectivity index is 1.63. The molecule has 0 bridgehead atoms. The Labute approximate surface area is 200 Å². The summed E-state index contributed by atoms with van der Waals surface area (Å²) in [7, 11) is 2.09. The van der Waals surface area contributed by atoms with Crippen molar-refractivity contribution in [2.75, 3.05) is 11.9 Å². The fraction of sp³-hybridized carbons (Fsp3) is 0.333. The lowest BCUT2D eigenvalue weighted by Gasteiger charge is -2.45. The van der Waals surface area contributed by atoms with E-state index in [-0.39, 0.29) is 23.2 Å². The zero-order valence-electron chi connectivity index (χ0n) is 17.9. The summed E-state index contributed by atoms with van der Waals surface area (Å²) in [4.78, 5) is 29.4. The third kappa shape index (κ3) is 4.30. The molecule has 0 radical (unpaired) electrons. The number of hydrogen-bond acceptors (Lipinski definition) is 4. The molecule has 4 rings (SSSR count). The molecule has 4 nitrogen and oxygen atoms in total. The van der Waals surface area contributed by atoms with Gasteiger partial charge in [-0.3, -0.25) is 14.5 Å². The molecule has 1 atom stereocenters. The van der Waals surface area contributed by atoms with E-state index in [0.717, 1.165) is 39.5 Å². The van der Waals surface area contributed by atoms with Crippen molar-refractivity contribution in [2.45, 2.75) is 45.2 Å². The molecular formula is C24H24BrClN2O2S. The number of imide groups is 1. The van der Waals surface area contributed by atoms with Crippen LogP contribution in [-0.2, 0) is 11.3 Å². The summed E-state index contributed by atoms with van der Waals surface area (Å²) < 4.78 is 0.954. The van der Waals surface area contributed by atoms with Gasteiger partial charge < -0.3 is 4.90 Å². The summed E-state index contributed by atoms with van der Waals surface area (Å²) in [6.07, 6.45) is 2.78. The zero-order valence-corrected chi connectivity index (χ0v) is 21.1. The molecule has 2 aliphatic rings. The molecule has 2 aromatic carbocycles. The summed E-state index contributed by atoms with van der Waals surface area (Å²) in [5, 5.41) is 0.318. The Hall–Kier alpha value is -1.76. The van der Waals surface area contributed by atoms with Crippen LogP contribution >= 0.6 is 39.3 Å². The van der Waals surface area contributed by atoms with E-state index in [2.05, 4.69) is 54.7 Å². The average Bonchev–Trinajstić information content (AvgIpc) is 2.96. The molecule has 162 valence electrons. The minimum absolute atomic E-state index is 0.0486. The van der Waals surface area contributed by atoms with Crippen molar-refractivity contribution in [1.82, 2.24) is 4.90 Å². The van der Waals surface area contributed by atoms with Gasteiger partial charge >= 0.3 is 0 Å². The van der Waals surface area contributed by atoms with Crippen LogP contribution in [0.1, 0.15) is 49.8 Å². The highest BCUT2D eigenvalue weighted by Crippen LogP contribution is 2.45. The summed E-state index contributed by atoms with van der Waals surface area (Å²) in [5.41, 5.74) is 4.06. The fourth-order valence-electron chi connectivity index (χ4n) is 4.27. The molecule has 7 heteroatoms. The van der Waals surface area contributed by atoms with E-state index in [1.807, 2.05) is 30.3 Å². The quantitative estimate of drug-likeness (QED) is 0.407. The number of thioether (sulfide) groups is 1. The minimum atomic E-state index is -0.280. The van der Waals surface area contributed by atoms with Gasteiger partial charge in [0.05, 0.1) is 11.4 Å². The fourth-order valence-corrected chi connectivity index (χ4v) is 5.57. The van der Waals surface area contributed by atoms with Crippen molar-refractivity contribution < 1.29 is 9.59 Å². The zero-order chi connectivity index (χ0) is 22.5. The largest absolute Gasteiger partial charge is 0.369 e. The van der Waals surface area contributed by atoms with Crippen LogP contribution in [0.15, 0.2) is 45.8 Å². The van der Waals surface area contributed by atoms with Crippen molar-refractivity contribution >= 4 is 62.2 Å². The maximum Gasteiger partial charge on any atom is 0.293 e. The molecule has 2 amide bonds. The summed E-state index contributed by atoms with van der Waals surface area (Å²) >= 11 is 11.0. The van der Waals surface area contributed by atoms with E-state index in [4.69, 9.17) is 11.6 Å². The van der Waals surface area contributed by atoms with Crippen LogP contribution in [-0.4, -0.2) is 28.6 Å². The van der Waals surface area contributed by atoms with Gasteiger partial charge in [0, 0.05) is 27.8 Å². The Morgan fingerprint density at radius 2 is 1.90 bits per heavy atom. The standard InChI is InChI=1S/C24H24BrClN2O2S/c1-14-12-24(2,3)27(4)20-11-19(26)16(9-18(14)20)10-21-22(29)28(23(30)31-21)13-15-5-7-17(25)8-6-15/h5-11,14H,12-13H2,1-4H3/b21-10-. The molecule has 2 aromatic rings. The van der Waals surface area contributed by atoms with Crippen LogP contribution in [0, 0.1) is 0 Å². The monoisotopic (exact) mass is 518 g/mol. The topological polar surface area (TPSA) is 40.6 Å². The normalized spacial score (nSPS) is 21.7. The molecule has 1 saturated heterocycles. The predicted octanol–water partition coefficient (Wildman–Crippen LogP) is 7.06. The Morgan fingerprint density at radius 1 is 1.23 bits per heavy atom. The Morgan fingerprint density at radius 3 is 2.58 bits per heavy atom. The number of anilines is 1. The van der Waals surface area contributed by atoms with E-state index in [0.29, 0.717) is 15.8 Å². The first-order chi connectivity index (χ1) is 14.6. The third-order valence-corrected chi connectivity index (χ3v) is 7.93. The van der Waals surface area contributed by atoms with Crippen LogP contribution < -0.4 is 4.90 Å². The Kier molecular flexibility index (Phi) is 6.01. The molecule has 0 N–H and O–H groups in total. The highest BCUT2D eigenvalue weighted by atomic mass is 79.9. The first-order valence-electron chi connectivity index (χ1n) is 10.1. The number of amides is 2. The Bertz CT molecular complexity index is 1100. The molecular weight excluding hydrogens is 496 g/mol. The summed E-state index contributed by atoms with van der Waals surface area (Å²) in [5.74, 6) is 0.0936. The van der Waals surface area contributed by atoms with E-state index in [1.54, 1.807) is 6.08 Å². The van der Waals surface area contributed by atoms with E-state index < -0.39 is 0 Å². The highest BCUT2D eigenvalue weighted by Gasteiger charge is 2.37. The van der Waals surface area contributed by atoms with Crippen LogP contribution in [0.2, 0.25) is 5.02 Å². The van der Waals surface area contributed by atoms with Crippen LogP contribution in [0.25, 0.3) is 6.08 Å². The summed E-state index contributed by atoms with van der Waals surface area (Å²) in [6.45, 7) is 6.94. The van der Waals surface area contributed by atoms with Gasteiger partial charge in [0.15, 0.2) is 0 Å². The predicted molar refractivity (Wildman–Crippen MR) is 133 cm³/mol. The van der Waals surface area contributed by atoms with E-state index >= 15 is 0 Å². The van der Waals surface area contributed by atoms with Gasteiger partial charge in [0.25, 0.3) is 11.1 Å². The molecule has 0 spiro atoms. The third-order valence-electron chi connectivity index (χ3n) is 6.17. The number of halogens is 2. The van der Waals surface area contributed by atoms with Gasteiger partial charge in [-0.1, -0.05) is 46.6 Å².